The van der Waals surface area contributed by atoms with Gasteiger partial charge in [-0.15, -0.1) is 0 Å². The fraction of sp³-hybridized carbons (Fsp3) is 0.417. The number of fused-ring (bicyclic) bond motifs is 1. The number of carbonyl (C=O) groups excluding carboxylic acids is 2. The molecule has 4 aromatic rings. The second kappa shape index (κ2) is 14.4. The summed E-state index contributed by atoms with van der Waals surface area (Å²) in [4.78, 5) is 30.8. The van der Waals surface area contributed by atoms with Gasteiger partial charge in [0.05, 0.1) is 17.6 Å². The third kappa shape index (κ3) is 7.45. The van der Waals surface area contributed by atoms with Crippen LogP contribution in [0.4, 0.5) is 5.69 Å². The number of esters is 1. The third-order valence-corrected chi connectivity index (χ3v) is 8.24. The maximum absolute atomic E-state index is 13.0. The Morgan fingerprint density at radius 3 is 2.44 bits per heavy atom. The SMILES string of the molecule is CCCCc1nc2c(C)cc(NC(=O)C3CCCCC3)cc2n1Cc1ccc(OC(C(=O)OCC)c2ccccc2)cc1. The van der Waals surface area contributed by atoms with E-state index in [9.17, 15) is 9.59 Å². The quantitative estimate of drug-likeness (QED) is 0.172. The molecule has 1 atom stereocenters. The van der Waals surface area contributed by atoms with Crippen molar-refractivity contribution in [3.05, 3.63) is 89.2 Å². The molecule has 1 N–H and O–H groups in total. The number of amides is 1. The molecule has 7 heteroatoms. The van der Waals surface area contributed by atoms with Crippen LogP contribution in [0, 0.1) is 12.8 Å². The van der Waals surface area contributed by atoms with E-state index in [0.29, 0.717) is 12.3 Å². The van der Waals surface area contributed by atoms with Crippen molar-refractivity contribution in [2.24, 2.45) is 5.92 Å². The van der Waals surface area contributed by atoms with Crippen LogP contribution in [-0.4, -0.2) is 28.0 Å². The summed E-state index contributed by atoms with van der Waals surface area (Å²) in [6.45, 7) is 6.97. The molecule has 5 rings (SSSR count). The summed E-state index contributed by atoms with van der Waals surface area (Å²) in [7, 11) is 0. The second-order valence-corrected chi connectivity index (χ2v) is 11.5. The van der Waals surface area contributed by atoms with Crippen molar-refractivity contribution in [2.75, 3.05) is 11.9 Å². The van der Waals surface area contributed by atoms with Gasteiger partial charge in [0.2, 0.25) is 12.0 Å². The Kier molecular flexibility index (Phi) is 10.1. The van der Waals surface area contributed by atoms with Gasteiger partial charge in [0.25, 0.3) is 0 Å². The van der Waals surface area contributed by atoms with E-state index in [1.54, 1.807) is 6.92 Å². The van der Waals surface area contributed by atoms with Crippen molar-refractivity contribution in [1.82, 2.24) is 9.55 Å². The Labute approximate surface area is 254 Å². The molecule has 0 radical (unpaired) electrons. The van der Waals surface area contributed by atoms with Gasteiger partial charge in [0.15, 0.2) is 0 Å². The van der Waals surface area contributed by atoms with Crippen LogP contribution in [0.5, 0.6) is 5.75 Å². The van der Waals surface area contributed by atoms with E-state index in [2.05, 4.69) is 29.8 Å². The predicted molar refractivity (Wildman–Crippen MR) is 170 cm³/mol. The van der Waals surface area contributed by atoms with Crippen molar-refractivity contribution in [3.8, 4) is 5.75 Å². The van der Waals surface area contributed by atoms with E-state index in [-0.39, 0.29) is 18.4 Å². The number of benzene rings is 3. The molecule has 1 amide bonds. The zero-order valence-electron chi connectivity index (χ0n) is 25.6. The molecule has 1 aliphatic rings. The van der Waals surface area contributed by atoms with Gasteiger partial charge in [-0.3, -0.25) is 4.79 Å². The highest BCUT2D eigenvalue weighted by atomic mass is 16.6. The van der Waals surface area contributed by atoms with Gasteiger partial charge in [-0.2, -0.15) is 0 Å². The minimum atomic E-state index is -0.838. The van der Waals surface area contributed by atoms with Crippen LogP contribution in [0.2, 0.25) is 0 Å². The van der Waals surface area contributed by atoms with Crippen LogP contribution in [-0.2, 0) is 27.3 Å². The topological polar surface area (TPSA) is 82.5 Å². The Balaban J connectivity index is 1.39. The molecule has 0 aliphatic heterocycles. The highest BCUT2D eigenvalue weighted by Crippen LogP contribution is 2.30. The molecule has 226 valence electrons. The summed E-state index contributed by atoms with van der Waals surface area (Å²) in [5.41, 5.74) is 5.73. The van der Waals surface area contributed by atoms with Crippen LogP contribution in [0.1, 0.15) is 87.4 Å². The number of aryl methyl sites for hydroxylation is 2. The van der Waals surface area contributed by atoms with Gasteiger partial charge in [-0.1, -0.05) is 75.1 Å². The molecular weight excluding hydrogens is 538 g/mol. The van der Waals surface area contributed by atoms with Crippen molar-refractivity contribution in [3.63, 3.8) is 0 Å². The average Bonchev–Trinajstić information content (AvgIpc) is 3.37. The Morgan fingerprint density at radius 2 is 1.74 bits per heavy atom. The lowest BCUT2D eigenvalue weighted by Gasteiger charge is -2.21. The molecule has 1 saturated carbocycles. The maximum Gasteiger partial charge on any atom is 0.352 e. The number of aromatic nitrogens is 2. The number of anilines is 1. The van der Waals surface area contributed by atoms with E-state index in [4.69, 9.17) is 14.5 Å². The Bertz CT molecular complexity index is 1520. The molecule has 43 heavy (non-hydrogen) atoms. The average molecular weight is 582 g/mol. The van der Waals surface area contributed by atoms with E-state index >= 15 is 0 Å². The van der Waals surface area contributed by atoms with E-state index in [1.165, 1.54) is 6.42 Å². The standard InChI is InChI=1S/C36H43N3O4/c1-4-6-17-32-38-33-25(3)22-29(37-35(40)28-15-11-8-12-16-28)23-31(33)39(32)24-26-18-20-30(21-19-26)43-34(36(41)42-5-2)27-13-9-7-10-14-27/h7,9-10,13-14,18-23,28,34H,4-6,8,11-12,15-17,24H2,1-3H3,(H,37,40). The molecule has 7 nitrogen and oxygen atoms in total. The molecule has 0 spiro atoms. The minimum absolute atomic E-state index is 0.0980. The zero-order chi connectivity index (χ0) is 30.2. The molecule has 0 bridgehead atoms. The largest absolute Gasteiger partial charge is 0.474 e. The normalized spacial score (nSPS) is 14.4. The Morgan fingerprint density at radius 1 is 1.00 bits per heavy atom. The summed E-state index contributed by atoms with van der Waals surface area (Å²) < 4.78 is 13.7. The highest BCUT2D eigenvalue weighted by molar-refractivity contribution is 5.95. The number of hydrogen-bond donors (Lipinski definition) is 1. The van der Waals surface area contributed by atoms with E-state index in [0.717, 1.165) is 84.2 Å². The maximum atomic E-state index is 13.0. The molecule has 1 unspecified atom stereocenters. The van der Waals surface area contributed by atoms with Crippen LogP contribution < -0.4 is 10.1 Å². The smallest absolute Gasteiger partial charge is 0.352 e. The number of ether oxygens (including phenoxy) is 2. The van der Waals surface area contributed by atoms with Crippen LogP contribution in [0.15, 0.2) is 66.7 Å². The first-order valence-electron chi connectivity index (χ1n) is 15.7. The summed E-state index contributed by atoms with van der Waals surface area (Å²) in [6, 6.07) is 21.4. The highest BCUT2D eigenvalue weighted by Gasteiger charge is 2.25. The molecule has 1 heterocycles. The summed E-state index contributed by atoms with van der Waals surface area (Å²) in [6.07, 6.45) is 7.60. The monoisotopic (exact) mass is 581 g/mol. The van der Waals surface area contributed by atoms with Crippen molar-refractivity contribution in [2.45, 2.75) is 84.8 Å². The van der Waals surface area contributed by atoms with Gasteiger partial charge >= 0.3 is 5.97 Å². The van der Waals surface area contributed by atoms with Crippen LogP contribution in [0.25, 0.3) is 11.0 Å². The molecule has 3 aromatic carbocycles. The second-order valence-electron chi connectivity index (χ2n) is 11.5. The number of unbranched alkanes of at least 4 members (excludes halogenated alkanes) is 1. The third-order valence-electron chi connectivity index (χ3n) is 8.24. The predicted octanol–water partition coefficient (Wildman–Crippen LogP) is 7.94. The Hall–Kier alpha value is -4.13. The van der Waals surface area contributed by atoms with Gasteiger partial charge in [0.1, 0.15) is 11.6 Å². The van der Waals surface area contributed by atoms with Crippen molar-refractivity contribution >= 4 is 28.6 Å². The number of hydrogen-bond acceptors (Lipinski definition) is 5. The summed E-state index contributed by atoms with van der Waals surface area (Å²) >= 11 is 0. The van der Waals surface area contributed by atoms with Crippen LogP contribution in [0.3, 0.4) is 0 Å². The van der Waals surface area contributed by atoms with Gasteiger partial charge in [-0.25, -0.2) is 9.78 Å². The number of nitrogens with zero attached hydrogens (tertiary/aromatic N) is 2. The number of rotatable bonds is 12. The summed E-state index contributed by atoms with van der Waals surface area (Å²) in [5.74, 6) is 1.45. The molecule has 0 saturated heterocycles. The van der Waals surface area contributed by atoms with Crippen molar-refractivity contribution in [1.29, 1.82) is 0 Å². The number of nitrogens with one attached hydrogen (secondary N) is 1. The molecule has 1 fully saturated rings. The first-order chi connectivity index (χ1) is 21.0. The number of imidazole rings is 1. The lowest BCUT2D eigenvalue weighted by atomic mass is 9.88. The molecule has 1 aromatic heterocycles. The van der Waals surface area contributed by atoms with Gasteiger partial charge < -0.3 is 19.4 Å². The fourth-order valence-electron chi connectivity index (χ4n) is 5.91. The first-order valence-corrected chi connectivity index (χ1v) is 15.7. The van der Waals surface area contributed by atoms with Crippen molar-refractivity contribution < 1.29 is 19.1 Å². The van der Waals surface area contributed by atoms with Crippen LogP contribution >= 0.6 is 0 Å². The number of carbonyl (C=O) groups is 2. The van der Waals surface area contributed by atoms with E-state index < -0.39 is 12.1 Å². The first kappa shape index (κ1) is 30.3. The molecule has 1 aliphatic carbocycles. The minimum Gasteiger partial charge on any atom is -0.474 e. The zero-order valence-corrected chi connectivity index (χ0v) is 25.6. The van der Waals surface area contributed by atoms with Gasteiger partial charge in [0, 0.05) is 30.1 Å². The lowest BCUT2D eigenvalue weighted by molar-refractivity contribution is -0.151. The lowest BCUT2D eigenvalue weighted by Crippen LogP contribution is -2.24. The molecular formula is C36H43N3O4. The van der Waals surface area contributed by atoms with Gasteiger partial charge in [-0.05, 0) is 68.5 Å². The fourth-order valence-corrected chi connectivity index (χ4v) is 5.91. The van der Waals surface area contributed by atoms with E-state index in [1.807, 2.05) is 60.7 Å². The summed E-state index contributed by atoms with van der Waals surface area (Å²) in [5, 5.41) is 3.21.